The molecule has 0 aromatic rings. The Morgan fingerprint density at radius 2 is 1.80 bits per heavy atom. The van der Waals surface area contributed by atoms with Crippen LogP contribution in [-0.4, -0.2) is 0 Å². The van der Waals surface area contributed by atoms with E-state index in [2.05, 4.69) is 13.8 Å². The van der Waals surface area contributed by atoms with Gasteiger partial charge in [0.25, 0.3) is 0 Å². The van der Waals surface area contributed by atoms with E-state index in [1.165, 1.54) is 6.42 Å². The molecule has 0 aromatic carbocycles. The monoisotopic (exact) mass is 116 g/mol. The van der Waals surface area contributed by atoms with Gasteiger partial charge in [-0.25, -0.2) is 0 Å². The van der Waals surface area contributed by atoms with E-state index in [-0.39, 0.29) is 16.5 Å². The van der Waals surface area contributed by atoms with Gasteiger partial charge < -0.3 is 6.92 Å². The van der Waals surface area contributed by atoms with E-state index in [4.69, 9.17) is 0 Å². The fourth-order valence-corrected chi connectivity index (χ4v) is 0. The average molecular weight is 117 g/mol. The van der Waals surface area contributed by atoms with Gasteiger partial charge >= 0.3 is 16.5 Å². The Kier molecular flexibility index (Phi) is 16.0. The van der Waals surface area contributed by atoms with Crippen LogP contribution in [0.15, 0.2) is 0 Å². The molecule has 5 heavy (non-hydrogen) atoms. The van der Waals surface area contributed by atoms with Gasteiger partial charge in [-0.3, -0.25) is 0 Å². The van der Waals surface area contributed by atoms with Crippen LogP contribution in [0.3, 0.4) is 0 Å². The zero-order chi connectivity index (χ0) is 3.41. The Hall–Kier alpha value is 0.494. The average Bonchev–Trinajstić information content (AvgIpc) is 1.37. The van der Waals surface area contributed by atoms with Crippen molar-refractivity contribution in [2.75, 3.05) is 0 Å². The Bertz CT molecular complexity index is 5.61. The fourth-order valence-electron chi connectivity index (χ4n) is 0. The summed E-state index contributed by atoms with van der Waals surface area (Å²) in [6.45, 7) is 5.72. The summed E-state index contributed by atoms with van der Waals surface area (Å²) < 4.78 is 0. The second-order valence-electron chi connectivity index (χ2n) is 0.854. The third-order valence-electron chi connectivity index (χ3n) is 0.354. The molecule has 0 aromatic heterocycles. The van der Waals surface area contributed by atoms with Gasteiger partial charge in [0, 0.05) is 0 Å². The molecule has 0 saturated heterocycles. The summed E-state index contributed by atoms with van der Waals surface area (Å²) in [4.78, 5) is 0. The Morgan fingerprint density at radius 3 is 1.80 bits per heavy atom. The van der Waals surface area contributed by atoms with Crippen molar-refractivity contribution in [3.05, 3.63) is 6.92 Å². The van der Waals surface area contributed by atoms with Crippen LogP contribution >= 0.6 is 0 Å². The first-order chi connectivity index (χ1) is 1.91. The fraction of sp³-hybridized carbons (Fsp3) is 0.750. The van der Waals surface area contributed by atoms with Crippen LogP contribution in [0.4, 0.5) is 0 Å². The van der Waals surface area contributed by atoms with Gasteiger partial charge in [0.05, 0.1) is 0 Å². The number of hydrogen-bond donors (Lipinski definition) is 0. The number of unbranched alkanes of at least 4 members (excludes halogenated alkanes) is 1. The maximum atomic E-state index is 3.60. The molecule has 0 amide bonds. The van der Waals surface area contributed by atoms with Crippen LogP contribution < -0.4 is 0 Å². The Balaban J connectivity index is 0. The predicted octanol–water partition coefficient (Wildman–Crippen LogP) is 1.35. The van der Waals surface area contributed by atoms with E-state index in [9.17, 15) is 0 Å². The van der Waals surface area contributed by atoms with Gasteiger partial charge in [0.2, 0.25) is 0 Å². The van der Waals surface area contributed by atoms with E-state index < -0.39 is 0 Å². The van der Waals surface area contributed by atoms with Gasteiger partial charge in [-0.05, 0) is 0 Å². The minimum atomic E-state index is 0. The van der Waals surface area contributed by atoms with Gasteiger partial charge in [-0.15, -0.1) is 0 Å². The zero-order valence-electron chi connectivity index (χ0n) is 3.45. The molecule has 0 spiro atoms. The quantitative estimate of drug-likeness (QED) is 0.359. The summed E-state index contributed by atoms with van der Waals surface area (Å²) in [5, 5.41) is 0. The molecule has 0 atom stereocenters. The van der Waals surface area contributed by atoms with Gasteiger partial charge in [-0.1, -0.05) is 13.3 Å². The van der Waals surface area contributed by atoms with Gasteiger partial charge in [0.1, 0.15) is 0 Å². The summed E-state index contributed by atoms with van der Waals surface area (Å²) in [7, 11) is 0. The molecule has 0 heterocycles. The van der Waals surface area contributed by atoms with Crippen molar-refractivity contribution in [3.63, 3.8) is 0 Å². The first kappa shape index (κ1) is 9.09. The van der Waals surface area contributed by atoms with Crippen molar-refractivity contribution in [3.8, 4) is 0 Å². The summed E-state index contributed by atoms with van der Waals surface area (Å²) in [6, 6.07) is 0. The van der Waals surface area contributed by atoms with Crippen molar-refractivity contribution in [2.24, 2.45) is 0 Å². The molecule has 0 aliphatic carbocycles. The van der Waals surface area contributed by atoms with Gasteiger partial charge in [0.15, 0.2) is 0 Å². The third-order valence-corrected chi connectivity index (χ3v) is 0.354. The summed E-state index contributed by atoms with van der Waals surface area (Å²) in [5.41, 5.74) is 0. The molecule has 0 aliphatic rings. The van der Waals surface area contributed by atoms with Crippen molar-refractivity contribution in [1.82, 2.24) is 0 Å². The van der Waals surface area contributed by atoms with Crippen LogP contribution in [0.1, 0.15) is 19.8 Å². The molecule has 0 N–H and O–H groups in total. The second-order valence-corrected chi connectivity index (χ2v) is 0.854. The topological polar surface area (TPSA) is 0 Å². The first-order valence-electron chi connectivity index (χ1n) is 1.71. The maximum absolute atomic E-state index is 3.60. The standard InChI is InChI=1S/C4H9.Ni.H/c1-3-4-2;;/h1,3-4H2,2H3;;/q-1;;. The van der Waals surface area contributed by atoms with Crippen molar-refractivity contribution in [1.29, 1.82) is 0 Å². The summed E-state index contributed by atoms with van der Waals surface area (Å²) >= 11 is 0. The Morgan fingerprint density at radius 1 is 1.60 bits per heavy atom. The normalized spacial score (nSPS) is 6.00. The third kappa shape index (κ3) is 12.5. The van der Waals surface area contributed by atoms with E-state index in [1.54, 1.807) is 0 Å². The summed E-state index contributed by atoms with van der Waals surface area (Å²) in [5.74, 6) is 0. The van der Waals surface area contributed by atoms with Crippen LogP contribution in [-0.2, 0) is 16.5 Å². The summed E-state index contributed by atoms with van der Waals surface area (Å²) in [6.07, 6.45) is 2.28. The molecule has 0 saturated carbocycles. The van der Waals surface area contributed by atoms with Crippen LogP contribution in [0.25, 0.3) is 0 Å². The number of rotatable bonds is 1. The molecule has 0 nitrogen and oxygen atoms in total. The van der Waals surface area contributed by atoms with E-state index in [1.807, 2.05) is 0 Å². The van der Waals surface area contributed by atoms with Crippen LogP contribution in [0.5, 0.6) is 0 Å². The second kappa shape index (κ2) is 8.82. The zero-order valence-corrected chi connectivity index (χ0v) is 4.50. The Labute approximate surface area is 43.9 Å². The molecule has 0 fully saturated rings. The predicted molar refractivity (Wildman–Crippen MR) is 21.7 cm³/mol. The van der Waals surface area contributed by atoms with Crippen molar-refractivity contribution < 1.29 is 16.5 Å². The molecule has 0 aliphatic heterocycles. The van der Waals surface area contributed by atoms with Crippen LogP contribution in [0.2, 0.25) is 0 Å². The molecule has 0 unspecified atom stereocenters. The molecule has 0 radical (unpaired) electrons. The van der Waals surface area contributed by atoms with Crippen molar-refractivity contribution in [2.45, 2.75) is 19.8 Å². The van der Waals surface area contributed by atoms with Gasteiger partial charge in [-0.2, -0.15) is 6.42 Å². The molecular formula is C4H10Ni-. The van der Waals surface area contributed by atoms with Crippen molar-refractivity contribution >= 4 is 0 Å². The first-order valence-corrected chi connectivity index (χ1v) is 1.71. The van der Waals surface area contributed by atoms with E-state index >= 15 is 0 Å². The molecule has 0 rings (SSSR count). The SMILES string of the molecule is [CH2-]CCC.[NiH]. The molecular weight excluding hydrogens is 107 g/mol. The minimum absolute atomic E-state index is 0. The number of hydrogen-bond acceptors (Lipinski definition) is 0. The molecule has 1 heteroatoms. The molecule has 0 bridgehead atoms. The molecule has 37 valence electrons. The van der Waals surface area contributed by atoms with E-state index in [0.717, 1.165) is 6.42 Å². The van der Waals surface area contributed by atoms with E-state index in [0.29, 0.717) is 0 Å². The van der Waals surface area contributed by atoms with Crippen LogP contribution in [0, 0.1) is 6.92 Å².